The number of amides is 2. The largest absolute Gasteiger partial charge is 0.334 e. The number of aromatic nitrogens is 3. The van der Waals surface area contributed by atoms with Crippen molar-refractivity contribution >= 4 is 34.6 Å². The van der Waals surface area contributed by atoms with Crippen molar-refractivity contribution in [2.45, 2.75) is 11.4 Å². The first-order valence-corrected chi connectivity index (χ1v) is 11.3. The van der Waals surface area contributed by atoms with Gasteiger partial charge >= 0.3 is 6.03 Å². The third-order valence-electron chi connectivity index (χ3n) is 5.19. The monoisotopic (exact) mass is 452 g/mol. The minimum absolute atomic E-state index is 0.251. The number of pyridine rings is 2. The summed E-state index contributed by atoms with van der Waals surface area (Å²) in [6.07, 6.45) is 9.49. The van der Waals surface area contributed by atoms with Gasteiger partial charge in [-0.2, -0.15) is 0 Å². The third kappa shape index (κ3) is 4.88. The lowest BCUT2D eigenvalue weighted by Crippen LogP contribution is -2.28. The van der Waals surface area contributed by atoms with Crippen LogP contribution in [-0.2, 0) is 6.54 Å². The molecule has 2 amide bonds. The number of rotatable bonds is 6. The quantitative estimate of drug-likeness (QED) is 0.363. The van der Waals surface area contributed by atoms with E-state index in [1.807, 2.05) is 54.9 Å². The number of aromatic amines is 1. The van der Waals surface area contributed by atoms with Crippen LogP contribution in [0, 0.1) is 0 Å². The van der Waals surface area contributed by atoms with Crippen molar-refractivity contribution in [1.29, 1.82) is 0 Å². The second-order valence-corrected chi connectivity index (χ2v) is 8.51. The Hall–Kier alpha value is -4.10. The number of H-pyrrole nitrogens is 1. The van der Waals surface area contributed by atoms with Crippen LogP contribution in [0.15, 0.2) is 109 Å². The van der Waals surface area contributed by atoms with E-state index in [-0.39, 0.29) is 6.03 Å². The van der Waals surface area contributed by atoms with E-state index in [0.717, 1.165) is 32.8 Å². The molecule has 5 rings (SSSR count). The number of carbonyl (C=O) groups excluding carboxylic acids is 1. The van der Waals surface area contributed by atoms with Crippen LogP contribution in [0.3, 0.4) is 0 Å². The fourth-order valence-corrected chi connectivity index (χ4v) is 4.50. The highest BCUT2D eigenvalue weighted by Crippen LogP contribution is 2.35. The Balaban J connectivity index is 1.32. The Morgan fingerprint density at radius 1 is 1.00 bits per heavy atom. The molecule has 7 heteroatoms. The number of nitrogens with one attached hydrogen (secondary N) is 3. The maximum absolute atomic E-state index is 12.2. The van der Waals surface area contributed by atoms with E-state index < -0.39 is 0 Å². The molecule has 0 unspecified atom stereocenters. The first kappa shape index (κ1) is 20.8. The van der Waals surface area contributed by atoms with Crippen LogP contribution in [0.25, 0.3) is 22.0 Å². The van der Waals surface area contributed by atoms with Crippen molar-refractivity contribution in [2.24, 2.45) is 0 Å². The molecule has 3 heterocycles. The Labute approximate surface area is 195 Å². The first-order chi connectivity index (χ1) is 16.3. The third-order valence-corrected chi connectivity index (χ3v) is 6.15. The van der Waals surface area contributed by atoms with Crippen molar-refractivity contribution in [3.63, 3.8) is 0 Å². The lowest BCUT2D eigenvalue weighted by atomic mass is 10.0. The van der Waals surface area contributed by atoms with Gasteiger partial charge in [-0.25, -0.2) is 9.78 Å². The summed E-state index contributed by atoms with van der Waals surface area (Å²) in [5.41, 5.74) is 5.07. The van der Waals surface area contributed by atoms with Crippen LogP contribution < -0.4 is 15.6 Å². The summed E-state index contributed by atoms with van der Waals surface area (Å²) < 4.78 is 2.19. The van der Waals surface area contributed by atoms with E-state index in [1.165, 1.54) is 5.39 Å². The first-order valence-electron chi connectivity index (χ1n) is 10.5. The van der Waals surface area contributed by atoms with Crippen LogP contribution in [-0.4, -0.2) is 15.0 Å². The summed E-state index contributed by atoms with van der Waals surface area (Å²) in [6, 6.07) is 23.9. The number of para-hydroxylation sites is 1. The van der Waals surface area contributed by atoms with E-state index >= 15 is 0 Å². The minimum Gasteiger partial charge on any atom is -0.334 e. The van der Waals surface area contributed by atoms with Crippen LogP contribution in [0.2, 0.25) is 0 Å². The number of hydrogen-bond donors (Lipinski definition) is 2. The van der Waals surface area contributed by atoms with Gasteiger partial charge in [0.2, 0.25) is 0 Å². The normalized spacial score (nSPS) is 10.8. The molecular weight excluding hydrogens is 430 g/mol. The van der Waals surface area contributed by atoms with Crippen LogP contribution in [0.4, 0.5) is 10.5 Å². The molecule has 33 heavy (non-hydrogen) atoms. The SMILES string of the molecule is O=C(NCc1cccnc1)Nc1ccc(-c2cn(Sc3ccc[nH+]c3)c3ccccc23)cc1. The summed E-state index contributed by atoms with van der Waals surface area (Å²) >= 11 is 1.66. The number of hydrogen-bond acceptors (Lipinski definition) is 3. The Kier molecular flexibility index (Phi) is 6.04. The van der Waals surface area contributed by atoms with Crippen molar-refractivity contribution in [3.05, 3.63) is 109 Å². The van der Waals surface area contributed by atoms with Gasteiger partial charge in [0.1, 0.15) is 0 Å². The zero-order chi connectivity index (χ0) is 22.5. The molecule has 6 nitrogen and oxygen atoms in total. The Morgan fingerprint density at radius 3 is 2.67 bits per heavy atom. The zero-order valence-electron chi connectivity index (χ0n) is 17.7. The molecule has 0 bridgehead atoms. The summed E-state index contributed by atoms with van der Waals surface area (Å²) in [5, 5.41) is 6.91. The van der Waals surface area contributed by atoms with E-state index in [4.69, 9.17) is 0 Å². The van der Waals surface area contributed by atoms with Crippen LogP contribution >= 0.6 is 11.9 Å². The molecule has 3 N–H and O–H groups in total. The maximum atomic E-state index is 12.2. The molecule has 5 aromatic rings. The second kappa shape index (κ2) is 9.58. The molecule has 0 aliphatic carbocycles. The topological polar surface area (TPSA) is 73.1 Å². The van der Waals surface area contributed by atoms with Gasteiger partial charge in [-0.1, -0.05) is 36.4 Å². The predicted octanol–water partition coefficient (Wildman–Crippen LogP) is 5.39. The molecule has 3 aromatic heterocycles. The number of benzene rings is 2. The molecule has 0 aliphatic rings. The van der Waals surface area contributed by atoms with Gasteiger partial charge in [-0.3, -0.25) is 8.96 Å². The molecule has 0 radical (unpaired) electrons. The Bertz CT molecular complexity index is 1370. The van der Waals surface area contributed by atoms with Gasteiger partial charge in [-0.05, 0) is 53.4 Å². The van der Waals surface area contributed by atoms with Crippen molar-refractivity contribution < 1.29 is 9.78 Å². The number of fused-ring (bicyclic) bond motifs is 1. The molecule has 0 saturated heterocycles. The number of carbonyl (C=O) groups is 1. The lowest BCUT2D eigenvalue weighted by Gasteiger charge is -2.08. The average molecular weight is 453 g/mol. The fourth-order valence-electron chi connectivity index (χ4n) is 3.60. The summed E-state index contributed by atoms with van der Waals surface area (Å²) in [5.74, 6) is 0. The van der Waals surface area contributed by atoms with Crippen LogP contribution in [0.5, 0.6) is 0 Å². The molecule has 162 valence electrons. The predicted molar refractivity (Wildman–Crippen MR) is 132 cm³/mol. The van der Waals surface area contributed by atoms with E-state index in [0.29, 0.717) is 6.54 Å². The minimum atomic E-state index is -0.251. The lowest BCUT2D eigenvalue weighted by molar-refractivity contribution is -0.380. The number of anilines is 1. The highest BCUT2D eigenvalue weighted by Gasteiger charge is 2.12. The van der Waals surface area contributed by atoms with E-state index in [2.05, 4.69) is 61.1 Å². The van der Waals surface area contributed by atoms with Gasteiger partial charge in [0, 0.05) is 47.8 Å². The molecule has 2 aromatic carbocycles. The molecule has 0 atom stereocenters. The standard InChI is InChI=1S/C26H21N5OS/c32-26(29-16-19-5-3-13-27-15-19)30-21-11-9-20(10-12-21)24-18-31(25-8-2-1-7-23(24)25)33-22-6-4-14-28-17-22/h1-15,17-18H,16H2,(H2,29,30,32)/p+1. The van der Waals surface area contributed by atoms with Crippen LogP contribution in [0.1, 0.15) is 5.56 Å². The van der Waals surface area contributed by atoms with Gasteiger partial charge in [0.25, 0.3) is 0 Å². The number of urea groups is 1. The zero-order valence-corrected chi connectivity index (χ0v) is 18.5. The van der Waals surface area contributed by atoms with Crippen molar-refractivity contribution in [2.75, 3.05) is 5.32 Å². The maximum Gasteiger partial charge on any atom is 0.319 e. The molecule has 0 aliphatic heterocycles. The van der Waals surface area contributed by atoms with E-state index in [9.17, 15) is 4.79 Å². The van der Waals surface area contributed by atoms with Gasteiger partial charge in [0.05, 0.1) is 10.4 Å². The molecule has 0 saturated carbocycles. The summed E-state index contributed by atoms with van der Waals surface area (Å²) in [4.78, 5) is 20.6. The smallest absolute Gasteiger partial charge is 0.319 e. The second-order valence-electron chi connectivity index (χ2n) is 7.46. The summed E-state index contributed by atoms with van der Waals surface area (Å²) in [7, 11) is 0. The van der Waals surface area contributed by atoms with Gasteiger partial charge in [-0.15, -0.1) is 0 Å². The van der Waals surface area contributed by atoms with Crippen molar-refractivity contribution in [1.82, 2.24) is 14.3 Å². The molecule has 0 spiro atoms. The average Bonchev–Trinajstić information content (AvgIpc) is 3.23. The van der Waals surface area contributed by atoms with Gasteiger partial charge in [0.15, 0.2) is 12.4 Å². The Morgan fingerprint density at radius 2 is 1.88 bits per heavy atom. The molecular formula is C26H22N5OS+. The summed E-state index contributed by atoms with van der Waals surface area (Å²) in [6.45, 7) is 0.425. The van der Waals surface area contributed by atoms with Gasteiger partial charge < -0.3 is 10.6 Å². The highest BCUT2D eigenvalue weighted by atomic mass is 32.2. The fraction of sp³-hybridized carbons (Fsp3) is 0.0385. The van der Waals surface area contributed by atoms with E-state index in [1.54, 1.807) is 24.3 Å². The molecule has 0 fully saturated rings. The highest BCUT2D eigenvalue weighted by molar-refractivity contribution is 7.98. The number of nitrogens with zero attached hydrogens (tertiary/aromatic N) is 2. The van der Waals surface area contributed by atoms with Crippen molar-refractivity contribution in [3.8, 4) is 11.1 Å².